The van der Waals surface area contributed by atoms with Crippen LogP contribution < -0.4 is 5.46 Å². The molecular formula is C16H19BN2O4. The Kier molecular flexibility index (Phi) is 3.65. The molecule has 0 spiro atoms. The van der Waals surface area contributed by atoms with E-state index in [0.29, 0.717) is 0 Å². The van der Waals surface area contributed by atoms with Crippen molar-refractivity contribution >= 4 is 24.4 Å². The summed E-state index contributed by atoms with van der Waals surface area (Å²) < 4.78 is 12.1. The number of nitrogens with zero attached hydrogens (tertiary/aromatic N) is 2. The number of amides is 2. The van der Waals surface area contributed by atoms with Crippen LogP contribution in [-0.2, 0) is 25.4 Å². The molecule has 0 unspecified atom stereocenters. The SMILES string of the molecule is CC1(C)OB(c2cnccc2CN2C(=O)C=CC2=O)OC1(C)C. The molecular weight excluding hydrogens is 295 g/mol. The van der Waals surface area contributed by atoms with E-state index in [-0.39, 0.29) is 18.4 Å². The van der Waals surface area contributed by atoms with Crippen LogP contribution in [0.4, 0.5) is 0 Å². The van der Waals surface area contributed by atoms with Crippen LogP contribution in [0.15, 0.2) is 30.6 Å². The number of pyridine rings is 1. The zero-order valence-electron chi connectivity index (χ0n) is 13.7. The zero-order chi connectivity index (χ0) is 16.8. The molecule has 0 saturated carbocycles. The van der Waals surface area contributed by atoms with Gasteiger partial charge in [-0.1, -0.05) is 0 Å². The number of imide groups is 1. The third-order valence-electron chi connectivity index (χ3n) is 4.68. The molecule has 1 aromatic rings. The molecule has 2 amide bonds. The smallest absolute Gasteiger partial charge is 0.399 e. The van der Waals surface area contributed by atoms with E-state index in [1.807, 2.05) is 27.7 Å². The Hall–Kier alpha value is -1.99. The summed E-state index contributed by atoms with van der Waals surface area (Å²) in [5.41, 5.74) is 0.583. The van der Waals surface area contributed by atoms with Crippen molar-refractivity contribution in [1.29, 1.82) is 0 Å². The van der Waals surface area contributed by atoms with E-state index in [2.05, 4.69) is 4.98 Å². The number of aromatic nitrogens is 1. The van der Waals surface area contributed by atoms with Crippen LogP contribution in [0.2, 0.25) is 0 Å². The summed E-state index contributed by atoms with van der Waals surface area (Å²) in [5, 5.41) is 0. The number of rotatable bonds is 3. The normalized spacial score (nSPS) is 22.3. The Morgan fingerprint density at radius 3 is 2.22 bits per heavy atom. The maximum absolute atomic E-state index is 11.8. The van der Waals surface area contributed by atoms with E-state index in [1.54, 1.807) is 18.5 Å². The van der Waals surface area contributed by atoms with Crippen LogP contribution in [0.3, 0.4) is 0 Å². The quantitative estimate of drug-likeness (QED) is 0.610. The minimum Gasteiger partial charge on any atom is -0.399 e. The van der Waals surface area contributed by atoms with Crippen molar-refractivity contribution in [2.75, 3.05) is 0 Å². The van der Waals surface area contributed by atoms with Gasteiger partial charge < -0.3 is 9.31 Å². The third kappa shape index (κ3) is 2.70. The van der Waals surface area contributed by atoms with Gasteiger partial charge in [0.1, 0.15) is 0 Å². The Morgan fingerprint density at radius 2 is 1.65 bits per heavy atom. The Balaban J connectivity index is 1.88. The lowest BCUT2D eigenvalue weighted by Gasteiger charge is -2.32. The second-order valence-corrected chi connectivity index (χ2v) is 6.76. The lowest BCUT2D eigenvalue weighted by molar-refractivity contribution is -0.137. The summed E-state index contributed by atoms with van der Waals surface area (Å²) >= 11 is 0. The lowest BCUT2D eigenvalue weighted by Crippen LogP contribution is -2.41. The van der Waals surface area contributed by atoms with Crippen molar-refractivity contribution < 1.29 is 18.9 Å². The van der Waals surface area contributed by atoms with Gasteiger partial charge in [0.25, 0.3) is 11.8 Å². The standard InChI is InChI=1S/C16H19BN2O4/c1-15(2)16(3,4)23-17(22-15)12-9-18-8-7-11(12)10-19-13(20)5-6-14(19)21/h5-9H,10H2,1-4H3. The van der Waals surface area contributed by atoms with Crippen LogP contribution in [0.1, 0.15) is 33.3 Å². The molecule has 3 rings (SSSR count). The van der Waals surface area contributed by atoms with E-state index in [0.717, 1.165) is 11.0 Å². The zero-order valence-corrected chi connectivity index (χ0v) is 13.7. The van der Waals surface area contributed by atoms with Crippen LogP contribution in [-0.4, -0.2) is 40.0 Å². The summed E-state index contributed by atoms with van der Waals surface area (Å²) in [5.74, 6) is -0.627. The molecule has 1 saturated heterocycles. The average molecular weight is 314 g/mol. The molecule has 6 nitrogen and oxygen atoms in total. The van der Waals surface area contributed by atoms with Crippen molar-refractivity contribution in [3.63, 3.8) is 0 Å². The molecule has 3 heterocycles. The highest BCUT2D eigenvalue weighted by Crippen LogP contribution is 2.36. The predicted octanol–water partition coefficient (Wildman–Crippen LogP) is 0.806. The second kappa shape index (κ2) is 5.28. The third-order valence-corrected chi connectivity index (χ3v) is 4.68. The molecule has 0 aliphatic carbocycles. The molecule has 2 aliphatic rings. The summed E-state index contributed by atoms with van der Waals surface area (Å²) in [6, 6.07) is 1.78. The van der Waals surface area contributed by atoms with Gasteiger partial charge in [0.05, 0.1) is 17.7 Å². The molecule has 0 atom stereocenters. The second-order valence-electron chi connectivity index (χ2n) is 6.76. The number of carbonyl (C=O) groups excluding carboxylic acids is 2. The fourth-order valence-corrected chi connectivity index (χ4v) is 2.52. The highest BCUT2D eigenvalue weighted by molar-refractivity contribution is 6.62. The van der Waals surface area contributed by atoms with Gasteiger partial charge in [-0.2, -0.15) is 0 Å². The molecule has 23 heavy (non-hydrogen) atoms. The first-order valence-electron chi connectivity index (χ1n) is 7.53. The van der Waals surface area contributed by atoms with Crippen LogP contribution in [0, 0.1) is 0 Å². The molecule has 1 aromatic heterocycles. The maximum atomic E-state index is 11.8. The summed E-state index contributed by atoms with van der Waals surface area (Å²) in [6.07, 6.45) is 5.84. The van der Waals surface area contributed by atoms with Gasteiger partial charge in [-0.25, -0.2) is 0 Å². The molecule has 0 bridgehead atoms. The minimum absolute atomic E-state index is 0.173. The van der Waals surface area contributed by atoms with Gasteiger partial charge in [0.15, 0.2) is 0 Å². The van der Waals surface area contributed by atoms with E-state index < -0.39 is 18.3 Å². The van der Waals surface area contributed by atoms with Crippen LogP contribution in [0.5, 0.6) is 0 Å². The number of hydrogen-bond acceptors (Lipinski definition) is 5. The largest absolute Gasteiger partial charge is 0.496 e. The molecule has 2 aliphatic heterocycles. The molecule has 7 heteroatoms. The van der Waals surface area contributed by atoms with Gasteiger partial charge in [-0.3, -0.25) is 19.5 Å². The maximum Gasteiger partial charge on any atom is 0.496 e. The minimum atomic E-state index is -0.579. The Labute approximate surface area is 135 Å². The predicted molar refractivity (Wildman–Crippen MR) is 84.7 cm³/mol. The van der Waals surface area contributed by atoms with Crippen LogP contribution in [0.25, 0.3) is 0 Å². The van der Waals surface area contributed by atoms with Crippen molar-refractivity contribution in [2.45, 2.75) is 45.4 Å². The highest BCUT2D eigenvalue weighted by atomic mass is 16.7. The summed E-state index contributed by atoms with van der Waals surface area (Å²) in [4.78, 5) is 28.9. The Bertz CT molecular complexity index is 665. The van der Waals surface area contributed by atoms with Gasteiger partial charge >= 0.3 is 7.12 Å². The van der Waals surface area contributed by atoms with Crippen molar-refractivity contribution in [2.24, 2.45) is 0 Å². The fraction of sp³-hybridized carbons (Fsp3) is 0.438. The van der Waals surface area contributed by atoms with E-state index in [1.165, 1.54) is 17.1 Å². The first-order chi connectivity index (χ1) is 10.7. The summed E-state index contributed by atoms with van der Waals surface area (Å²) in [7, 11) is -0.579. The van der Waals surface area contributed by atoms with Crippen molar-refractivity contribution in [3.8, 4) is 0 Å². The summed E-state index contributed by atoms with van der Waals surface area (Å²) in [6.45, 7) is 8.06. The van der Waals surface area contributed by atoms with Crippen molar-refractivity contribution in [3.05, 3.63) is 36.2 Å². The van der Waals surface area contributed by atoms with E-state index in [4.69, 9.17) is 9.31 Å². The fourth-order valence-electron chi connectivity index (χ4n) is 2.52. The van der Waals surface area contributed by atoms with Gasteiger partial charge in [-0.15, -0.1) is 0 Å². The monoisotopic (exact) mass is 314 g/mol. The first kappa shape index (κ1) is 15.9. The molecule has 0 aromatic carbocycles. The number of hydrogen-bond donors (Lipinski definition) is 0. The molecule has 0 radical (unpaired) electrons. The molecule has 0 N–H and O–H groups in total. The topological polar surface area (TPSA) is 68.7 Å². The molecule has 120 valence electrons. The number of carbonyl (C=O) groups is 2. The van der Waals surface area contributed by atoms with Gasteiger partial charge in [0, 0.05) is 30.0 Å². The lowest BCUT2D eigenvalue weighted by atomic mass is 9.77. The average Bonchev–Trinajstić information content (AvgIpc) is 2.89. The van der Waals surface area contributed by atoms with Crippen LogP contribution >= 0.6 is 0 Å². The van der Waals surface area contributed by atoms with E-state index in [9.17, 15) is 9.59 Å². The van der Waals surface area contributed by atoms with Gasteiger partial charge in [-0.05, 0) is 39.3 Å². The van der Waals surface area contributed by atoms with Crippen molar-refractivity contribution in [1.82, 2.24) is 9.88 Å². The first-order valence-corrected chi connectivity index (χ1v) is 7.53. The van der Waals surface area contributed by atoms with E-state index >= 15 is 0 Å². The molecule has 1 fully saturated rings. The highest BCUT2D eigenvalue weighted by Gasteiger charge is 2.52. The Morgan fingerprint density at radius 1 is 1.09 bits per heavy atom. The van der Waals surface area contributed by atoms with Gasteiger partial charge in [0.2, 0.25) is 0 Å².